The molecule has 0 unspecified atom stereocenters. The fourth-order valence-electron chi connectivity index (χ4n) is 2.67. The van der Waals surface area contributed by atoms with E-state index in [1.807, 2.05) is 40.5 Å². The van der Waals surface area contributed by atoms with Crippen LogP contribution in [0, 0.1) is 12.8 Å². The van der Waals surface area contributed by atoms with Crippen molar-refractivity contribution in [2.24, 2.45) is 0 Å². The van der Waals surface area contributed by atoms with Crippen molar-refractivity contribution < 1.29 is 98.1 Å². The molecule has 3 rings (SSSR count). The molecule has 2 aromatic rings. The van der Waals surface area contributed by atoms with Crippen molar-refractivity contribution in [1.29, 1.82) is 0 Å². The second-order valence-electron chi connectivity index (χ2n) is 5.87. The maximum absolute atomic E-state index is 2.30. The molecule has 123 valence electrons. The molecule has 0 fully saturated rings. The van der Waals surface area contributed by atoms with Gasteiger partial charge in [0.05, 0.1) is 0 Å². The minimum Gasteiger partial charge on any atom is -0.335 e. The van der Waals surface area contributed by atoms with Crippen LogP contribution < -0.4 is 0 Å². The molecule has 0 spiro atoms. The zero-order chi connectivity index (χ0) is 15.9. The van der Waals surface area contributed by atoms with Gasteiger partial charge >= 0.3 is 0 Å². The average Bonchev–Trinajstić information content (AvgIpc) is 2.71. The molecule has 3 radical (unpaired) electrons. The van der Waals surface area contributed by atoms with Gasteiger partial charge in [0, 0.05) is 104 Å². The topological polar surface area (TPSA) is 0 Å². The standard InChI is InChI=1S/C15H14.2C3H7.3Y/c1-15(2)13-9-5-3-7-11(13)12-8-4-6-10-14(12)15;2*1-3-2;;;/h3-10H,1-2H3;2*3H,1-2H3;;;/q;2*-1;;;. The number of hydrogen-bond donors (Lipinski definition) is 0. The first kappa shape index (κ1) is 30.5. The Morgan fingerprint density at radius 1 is 0.583 bits per heavy atom. The van der Waals surface area contributed by atoms with E-state index in [9.17, 15) is 0 Å². The van der Waals surface area contributed by atoms with Gasteiger partial charge in [-0.25, -0.2) is 0 Å². The largest absolute Gasteiger partial charge is 0.335 e. The molecular formula is C21H28Y3-2. The first-order valence-corrected chi connectivity index (χ1v) is 7.71. The number of hydrogen-bond acceptors (Lipinski definition) is 0. The van der Waals surface area contributed by atoms with Crippen LogP contribution in [0.3, 0.4) is 0 Å². The second-order valence-corrected chi connectivity index (χ2v) is 5.87. The molecule has 1 aliphatic carbocycles. The van der Waals surface area contributed by atoms with Crippen LogP contribution in [0.1, 0.15) is 52.7 Å². The second kappa shape index (κ2) is 15.8. The van der Waals surface area contributed by atoms with Gasteiger partial charge in [-0.15, -0.1) is 0 Å². The van der Waals surface area contributed by atoms with E-state index >= 15 is 0 Å². The molecule has 0 aliphatic heterocycles. The Bertz CT molecular complexity index is 513. The van der Waals surface area contributed by atoms with Crippen molar-refractivity contribution in [2.45, 2.75) is 47.0 Å². The van der Waals surface area contributed by atoms with Crippen molar-refractivity contribution in [3.63, 3.8) is 0 Å². The Morgan fingerprint density at radius 2 is 0.833 bits per heavy atom. The average molecular weight is 547 g/mol. The van der Waals surface area contributed by atoms with Crippen molar-refractivity contribution in [3.8, 4) is 11.1 Å². The minimum atomic E-state index is 0. The fraction of sp³-hybridized carbons (Fsp3) is 0.333. The molecule has 3 heteroatoms. The van der Waals surface area contributed by atoms with Gasteiger partial charge < -0.3 is 12.8 Å². The SMILES string of the molecule is CC1(C)c2ccccc2-c2ccccc21.C[CH-]C.C[CH-]C.[Y].[Y].[Y]. The van der Waals surface area contributed by atoms with Crippen LogP contribution in [0.15, 0.2) is 48.5 Å². The van der Waals surface area contributed by atoms with Gasteiger partial charge in [0.2, 0.25) is 0 Å². The third kappa shape index (κ3) is 7.78. The van der Waals surface area contributed by atoms with Crippen molar-refractivity contribution >= 4 is 0 Å². The summed E-state index contributed by atoms with van der Waals surface area (Å²) < 4.78 is 0. The molecule has 0 nitrogen and oxygen atoms in total. The first-order chi connectivity index (χ1) is 10.0. The summed E-state index contributed by atoms with van der Waals surface area (Å²) in [6.45, 7) is 12.6. The molecule has 2 aromatic carbocycles. The Kier molecular flexibility index (Phi) is 20.0. The normalized spacial score (nSPS) is 11.4. The van der Waals surface area contributed by atoms with Crippen LogP contribution in [-0.4, -0.2) is 0 Å². The van der Waals surface area contributed by atoms with Gasteiger partial charge in [0.15, 0.2) is 0 Å². The predicted molar refractivity (Wildman–Crippen MR) is 95.3 cm³/mol. The molecule has 0 N–H and O–H groups in total. The van der Waals surface area contributed by atoms with E-state index in [4.69, 9.17) is 0 Å². The molecule has 0 saturated heterocycles. The Hall–Kier alpha value is 1.75. The van der Waals surface area contributed by atoms with Gasteiger partial charge in [-0.05, 0) is 22.3 Å². The van der Waals surface area contributed by atoms with E-state index in [2.05, 4.69) is 62.4 Å². The Labute approximate surface area is 225 Å². The van der Waals surface area contributed by atoms with E-state index < -0.39 is 0 Å². The van der Waals surface area contributed by atoms with Crippen LogP contribution in [0.2, 0.25) is 0 Å². The molecule has 0 aromatic heterocycles. The van der Waals surface area contributed by atoms with Crippen LogP contribution in [0.5, 0.6) is 0 Å². The molecule has 0 saturated carbocycles. The van der Waals surface area contributed by atoms with Crippen LogP contribution in [-0.2, 0) is 104 Å². The molecule has 24 heavy (non-hydrogen) atoms. The molecular weight excluding hydrogens is 519 g/mol. The minimum absolute atomic E-state index is 0. The zero-order valence-corrected chi connectivity index (χ0v) is 24.5. The summed E-state index contributed by atoms with van der Waals surface area (Å²) in [6, 6.07) is 17.4. The molecule has 0 atom stereocenters. The van der Waals surface area contributed by atoms with E-state index in [1.165, 1.54) is 22.3 Å². The van der Waals surface area contributed by atoms with E-state index in [0.717, 1.165) is 0 Å². The van der Waals surface area contributed by atoms with E-state index in [1.54, 1.807) is 0 Å². The predicted octanol–water partition coefficient (Wildman–Crippen LogP) is 6.45. The maximum Gasteiger partial charge on any atom is 0.0158 e. The monoisotopic (exact) mass is 547 g/mol. The third-order valence-electron chi connectivity index (χ3n) is 3.49. The molecule has 0 bridgehead atoms. The summed E-state index contributed by atoms with van der Waals surface area (Å²) in [5.74, 6) is 0. The smallest absolute Gasteiger partial charge is 0.0158 e. The summed E-state index contributed by atoms with van der Waals surface area (Å²) in [6.07, 6.45) is 4.00. The fourth-order valence-corrected chi connectivity index (χ4v) is 2.67. The van der Waals surface area contributed by atoms with E-state index in [-0.39, 0.29) is 104 Å². The molecule has 0 heterocycles. The first-order valence-electron chi connectivity index (χ1n) is 7.71. The van der Waals surface area contributed by atoms with Crippen LogP contribution in [0.25, 0.3) is 11.1 Å². The summed E-state index contributed by atoms with van der Waals surface area (Å²) in [4.78, 5) is 0. The zero-order valence-electron chi connectivity index (χ0n) is 16.0. The number of benzene rings is 2. The van der Waals surface area contributed by atoms with Crippen LogP contribution in [0.4, 0.5) is 0 Å². The van der Waals surface area contributed by atoms with Gasteiger partial charge in [-0.3, -0.25) is 0 Å². The van der Waals surface area contributed by atoms with Crippen LogP contribution >= 0.6 is 0 Å². The van der Waals surface area contributed by atoms with Crippen molar-refractivity contribution in [2.75, 3.05) is 0 Å². The third-order valence-corrected chi connectivity index (χ3v) is 3.49. The van der Waals surface area contributed by atoms with Gasteiger partial charge in [-0.1, -0.05) is 62.4 Å². The Morgan fingerprint density at radius 3 is 1.12 bits per heavy atom. The van der Waals surface area contributed by atoms with Crippen molar-refractivity contribution in [3.05, 3.63) is 72.5 Å². The summed E-state index contributed by atoms with van der Waals surface area (Å²) in [5, 5.41) is 0. The summed E-state index contributed by atoms with van der Waals surface area (Å²) in [5.41, 5.74) is 5.86. The maximum atomic E-state index is 2.30. The quantitative estimate of drug-likeness (QED) is 0.333. The Balaban J connectivity index is -0.000000437. The summed E-state index contributed by atoms with van der Waals surface area (Å²) >= 11 is 0. The van der Waals surface area contributed by atoms with E-state index in [0.29, 0.717) is 0 Å². The summed E-state index contributed by atoms with van der Waals surface area (Å²) in [7, 11) is 0. The molecule has 0 amide bonds. The van der Waals surface area contributed by atoms with Gasteiger partial charge in [-0.2, -0.15) is 27.7 Å². The van der Waals surface area contributed by atoms with Gasteiger partial charge in [0.25, 0.3) is 0 Å². The molecule has 1 aliphatic rings. The number of fused-ring (bicyclic) bond motifs is 3. The van der Waals surface area contributed by atoms with Gasteiger partial charge in [0.1, 0.15) is 0 Å². The van der Waals surface area contributed by atoms with Crippen molar-refractivity contribution in [1.82, 2.24) is 0 Å². The number of rotatable bonds is 0.